The molecule has 3 fully saturated rings. The van der Waals surface area contributed by atoms with Crippen LogP contribution in [-0.2, 0) is 16.6 Å². The normalized spacial score (nSPS) is 21.8. The van der Waals surface area contributed by atoms with Gasteiger partial charge in [-0.05, 0) is 99.6 Å². The number of rotatable bonds is 5. The first-order valence-electron chi connectivity index (χ1n) is 17.8. The fourth-order valence-corrected chi connectivity index (χ4v) is 9.08. The van der Waals surface area contributed by atoms with Crippen LogP contribution in [0.5, 0.6) is 0 Å². The Morgan fingerprint density at radius 2 is 1.84 bits per heavy atom. The minimum Gasteiger partial charge on any atom is -0.368 e. The first-order chi connectivity index (χ1) is 23.6. The third-order valence-electron chi connectivity index (χ3n) is 10.9. The minimum atomic E-state index is -0.426. The lowest BCUT2D eigenvalue weighted by atomic mass is 9.73. The maximum absolute atomic E-state index is 14.1. The van der Waals surface area contributed by atoms with Gasteiger partial charge in [0.25, 0.3) is 11.8 Å². The second kappa shape index (κ2) is 12.7. The third-order valence-corrected chi connectivity index (χ3v) is 11.8. The van der Waals surface area contributed by atoms with E-state index >= 15 is 0 Å². The fraction of sp³-hybridized carbons (Fsp3) is 0.556. The van der Waals surface area contributed by atoms with Crippen molar-refractivity contribution in [3.63, 3.8) is 0 Å². The van der Waals surface area contributed by atoms with Crippen LogP contribution >= 0.6 is 11.3 Å². The molecule has 3 N–H and O–H groups in total. The molecule has 0 radical (unpaired) electrons. The van der Waals surface area contributed by atoms with Crippen LogP contribution in [0.15, 0.2) is 24.4 Å². The molecule has 1 atom stereocenters. The number of nitrogens with one attached hydrogen (secondary N) is 1. The highest BCUT2D eigenvalue weighted by atomic mass is 32.1. The summed E-state index contributed by atoms with van der Waals surface area (Å²) in [4.78, 5) is 45.9. The number of nitrogens with two attached hydrogens (primary N) is 1. The second-order valence-corrected chi connectivity index (χ2v) is 15.9. The number of nitrogens with zero attached hydrogens (tertiary/aromatic N) is 7. The summed E-state index contributed by atoms with van der Waals surface area (Å²) in [6, 6.07) is 6.21. The number of carbonyl (C=O) groups is 2. The van der Waals surface area contributed by atoms with E-state index in [1.54, 1.807) is 6.20 Å². The first-order valence-corrected chi connectivity index (χ1v) is 18.6. The van der Waals surface area contributed by atoms with Crippen molar-refractivity contribution < 1.29 is 14.3 Å². The maximum atomic E-state index is 14.1. The number of fused-ring (bicyclic) bond motifs is 4. The lowest BCUT2D eigenvalue weighted by Crippen LogP contribution is -2.48. The van der Waals surface area contributed by atoms with Crippen LogP contribution < -0.4 is 11.1 Å². The zero-order valence-corrected chi connectivity index (χ0v) is 29.4. The van der Waals surface area contributed by atoms with Gasteiger partial charge in [-0.1, -0.05) is 32.1 Å². The number of thiazole rings is 1. The number of carbonyl (C=O) groups excluding carboxylic acids is 2. The first kappa shape index (κ1) is 32.3. The number of piperidine rings is 2. The van der Waals surface area contributed by atoms with Gasteiger partial charge in [-0.25, -0.2) is 19.6 Å². The Hall–Kier alpha value is -3.94. The van der Waals surface area contributed by atoms with Crippen molar-refractivity contribution in [1.29, 1.82) is 0 Å². The lowest BCUT2D eigenvalue weighted by Gasteiger charge is -2.41. The SMILES string of the molecule is CC1CCN(C2CCN(C(=O)c3ccc4nc(NC(=O)c5nn(C6CCCCO6)c6c5C(C)(C)Cc5cnc(N)nc5-6)sc4c3)CC2)CC1. The van der Waals surface area contributed by atoms with Crippen molar-refractivity contribution in [2.75, 3.05) is 43.8 Å². The summed E-state index contributed by atoms with van der Waals surface area (Å²) in [5.74, 6) is 0.711. The Morgan fingerprint density at radius 1 is 1.04 bits per heavy atom. The number of likely N-dealkylation sites (tertiary alicyclic amines) is 2. The number of nitrogen functional groups attached to an aromatic ring is 1. The van der Waals surface area contributed by atoms with E-state index in [1.165, 1.54) is 37.3 Å². The van der Waals surface area contributed by atoms with Gasteiger partial charge in [-0.15, -0.1) is 0 Å². The molecule has 1 aromatic carbocycles. The van der Waals surface area contributed by atoms with Crippen molar-refractivity contribution in [3.05, 3.63) is 46.8 Å². The molecule has 3 aromatic heterocycles. The van der Waals surface area contributed by atoms with Crippen molar-refractivity contribution in [2.24, 2.45) is 5.92 Å². The highest BCUT2D eigenvalue weighted by molar-refractivity contribution is 7.22. The Bertz CT molecular complexity index is 1900. The van der Waals surface area contributed by atoms with Crippen LogP contribution in [0.3, 0.4) is 0 Å². The van der Waals surface area contributed by atoms with Gasteiger partial charge in [-0.3, -0.25) is 14.9 Å². The van der Waals surface area contributed by atoms with Gasteiger partial charge in [0.05, 0.1) is 21.6 Å². The van der Waals surface area contributed by atoms with E-state index < -0.39 is 5.41 Å². The van der Waals surface area contributed by atoms with Crippen LogP contribution in [0.25, 0.3) is 21.6 Å². The molecule has 13 heteroatoms. The molecule has 12 nitrogen and oxygen atoms in total. The molecule has 3 saturated heterocycles. The number of ether oxygens (including phenoxy) is 1. The summed E-state index contributed by atoms with van der Waals surface area (Å²) in [5, 5.41) is 8.41. The fourth-order valence-electron chi connectivity index (χ4n) is 8.18. The molecule has 0 bridgehead atoms. The quantitative estimate of drug-likeness (QED) is 0.273. The average molecular weight is 684 g/mol. The molecular formula is C36H45N9O3S. The van der Waals surface area contributed by atoms with Gasteiger partial charge in [0.15, 0.2) is 17.1 Å². The summed E-state index contributed by atoms with van der Waals surface area (Å²) in [5.41, 5.74) is 10.6. The molecule has 8 rings (SSSR count). The topological polar surface area (TPSA) is 144 Å². The molecule has 0 spiro atoms. The maximum Gasteiger partial charge on any atom is 0.278 e. The zero-order valence-electron chi connectivity index (χ0n) is 28.6. The van der Waals surface area contributed by atoms with Crippen LogP contribution in [-0.4, -0.2) is 85.2 Å². The van der Waals surface area contributed by atoms with E-state index in [2.05, 4.69) is 41.0 Å². The summed E-state index contributed by atoms with van der Waals surface area (Å²) in [6.45, 7) is 11.1. The molecule has 6 heterocycles. The molecule has 2 amide bonds. The Labute approximate surface area is 290 Å². The van der Waals surface area contributed by atoms with E-state index in [0.29, 0.717) is 41.2 Å². The number of anilines is 2. The highest BCUT2D eigenvalue weighted by Gasteiger charge is 2.42. The van der Waals surface area contributed by atoms with Gasteiger partial charge in [0.1, 0.15) is 0 Å². The van der Waals surface area contributed by atoms with Crippen molar-refractivity contribution >= 4 is 44.4 Å². The van der Waals surface area contributed by atoms with Gasteiger partial charge in [0.2, 0.25) is 5.95 Å². The standard InChI is InChI=1S/C36H45N9O3S/c1-21-9-13-43(14-10-21)24-11-15-44(16-12-24)33(47)22-7-8-25-26(18-22)49-35(39-25)41-32(46)30-28-31(45(42-30)27-6-4-5-17-48-27)29-23(19-36(28,2)3)20-38-34(37)40-29/h7-8,18,20-21,24,27H,4-6,9-17,19H2,1-3H3,(H2,37,38,40)(H,39,41,46). The summed E-state index contributed by atoms with van der Waals surface area (Å²) in [7, 11) is 0. The van der Waals surface area contributed by atoms with Crippen LogP contribution in [0.2, 0.25) is 0 Å². The van der Waals surface area contributed by atoms with Crippen LogP contribution in [0.4, 0.5) is 11.1 Å². The molecule has 258 valence electrons. The highest BCUT2D eigenvalue weighted by Crippen LogP contribution is 2.46. The van der Waals surface area contributed by atoms with E-state index in [-0.39, 0.29) is 24.0 Å². The minimum absolute atomic E-state index is 0.0562. The molecule has 1 aliphatic carbocycles. The largest absolute Gasteiger partial charge is 0.368 e. The Kier molecular flexibility index (Phi) is 8.40. The van der Waals surface area contributed by atoms with E-state index in [0.717, 1.165) is 78.1 Å². The number of hydrogen-bond acceptors (Lipinski definition) is 10. The smallest absolute Gasteiger partial charge is 0.278 e. The van der Waals surface area contributed by atoms with E-state index in [4.69, 9.17) is 20.6 Å². The molecule has 3 aliphatic heterocycles. The molecular weight excluding hydrogens is 639 g/mol. The van der Waals surface area contributed by atoms with E-state index in [1.807, 2.05) is 27.8 Å². The second-order valence-electron chi connectivity index (χ2n) is 14.9. The molecule has 4 aliphatic rings. The van der Waals surface area contributed by atoms with Crippen molar-refractivity contribution in [3.8, 4) is 11.4 Å². The summed E-state index contributed by atoms with van der Waals surface area (Å²) < 4.78 is 8.84. The predicted octanol–water partition coefficient (Wildman–Crippen LogP) is 5.65. The monoisotopic (exact) mass is 683 g/mol. The summed E-state index contributed by atoms with van der Waals surface area (Å²) >= 11 is 1.36. The summed E-state index contributed by atoms with van der Waals surface area (Å²) in [6.07, 6.45) is 9.49. The van der Waals surface area contributed by atoms with Gasteiger partial charge >= 0.3 is 0 Å². The average Bonchev–Trinajstić information content (AvgIpc) is 3.71. The molecule has 1 unspecified atom stereocenters. The van der Waals surface area contributed by atoms with Crippen molar-refractivity contribution in [1.82, 2.24) is 34.5 Å². The Balaban J connectivity index is 1.03. The Morgan fingerprint density at radius 3 is 2.59 bits per heavy atom. The number of hydrogen-bond donors (Lipinski definition) is 2. The van der Waals surface area contributed by atoms with Gasteiger partial charge in [0, 0.05) is 43.1 Å². The third kappa shape index (κ3) is 6.10. The lowest BCUT2D eigenvalue weighted by molar-refractivity contribution is -0.0386. The molecule has 4 aromatic rings. The number of benzene rings is 1. The van der Waals surface area contributed by atoms with Crippen molar-refractivity contribution in [2.45, 2.75) is 89.8 Å². The van der Waals surface area contributed by atoms with Crippen LogP contribution in [0, 0.1) is 5.92 Å². The predicted molar refractivity (Wildman–Crippen MR) is 190 cm³/mol. The van der Waals surface area contributed by atoms with Gasteiger partial charge in [-0.2, -0.15) is 5.10 Å². The molecule has 0 saturated carbocycles. The van der Waals surface area contributed by atoms with Gasteiger partial charge < -0.3 is 20.3 Å². The van der Waals surface area contributed by atoms with E-state index in [9.17, 15) is 9.59 Å². The molecule has 49 heavy (non-hydrogen) atoms. The van der Waals surface area contributed by atoms with Crippen LogP contribution in [0.1, 0.15) is 104 Å². The number of amides is 2. The zero-order chi connectivity index (χ0) is 33.9. The number of aromatic nitrogens is 5.